The summed E-state index contributed by atoms with van der Waals surface area (Å²) in [6.07, 6.45) is 2.40. The molecule has 2 aromatic carbocycles. The Balaban J connectivity index is 1.87. The number of nitrogens with one attached hydrogen (secondary N) is 1. The van der Waals surface area contributed by atoms with Gasteiger partial charge in [-0.15, -0.1) is 0 Å². The molecule has 1 N–H and O–H groups in total. The van der Waals surface area contributed by atoms with E-state index in [4.69, 9.17) is 0 Å². The summed E-state index contributed by atoms with van der Waals surface area (Å²) in [6, 6.07) is 10.0. The van der Waals surface area contributed by atoms with E-state index < -0.39 is 17.5 Å². The van der Waals surface area contributed by atoms with Gasteiger partial charge in [-0.25, -0.2) is 13.2 Å². The largest absolute Gasteiger partial charge is 0.310 e. The van der Waals surface area contributed by atoms with Crippen LogP contribution in [-0.2, 0) is 6.54 Å². The molecule has 0 saturated heterocycles. The normalized spacial score (nSPS) is 14.6. The molecule has 20 heavy (non-hydrogen) atoms. The Kier molecular flexibility index (Phi) is 3.49. The third kappa shape index (κ3) is 2.85. The summed E-state index contributed by atoms with van der Waals surface area (Å²) in [7, 11) is 0. The predicted octanol–water partition coefficient (Wildman–Crippen LogP) is 4.02. The van der Waals surface area contributed by atoms with E-state index in [-0.39, 0.29) is 0 Å². The minimum Gasteiger partial charge on any atom is -0.310 e. The number of halogens is 3. The Morgan fingerprint density at radius 2 is 1.65 bits per heavy atom. The van der Waals surface area contributed by atoms with E-state index in [2.05, 4.69) is 5.32 Å². The molecular formula is C16H14F3N. The van der Waals surface area contributed by atoms with Gasteiger partial charge in [-0.2, -0.15) is 0 Å². The lowest BCUT2D eigenvalue weighted by atomic mass is 10.0. The van der Waals surface area contributed by atoms with E-state index >= 15 is 0 Å². The van der Waals surface area contributed by atoms with Crippen molar-refractivity contribution < 1.29 is 13.2 Å². The van der Waals surface area contributed by atoms with Crippen LogP contribution < -0.4 is 5.32 Å². The molecule has 0 atom stereocenters. The quantitative estimate of drug-likeness (QED) is 0.832. The monoisotopic (exact) mass is 277 g/mol. The summed E-state index contributed by atoms with van der Waals surface area (Å²) in [5.41, 5.74) is 2.06. The first-order valence-corrected chi connectivity index (χ1v) is 6.61. The Labute approximate surface area is 115 Å². The SMILES string of the molecule is Fc1cc(-c2cccc(CNC3CC3)c2)cc(F)c1F. The molecule has 0 aromatic heterocycles. The van der Waals surface area contributed by atoms with Crippen molar-refractivity contribution in [3.8, 4) is 11.1 Å². The molecule has 0 aliphatic heterocycles. The van der Waals surface area contributed by atoms with Gasteiger partial charge in [0.2, 0.25) is 0 Å². The Bertz CT molecular complexity index is 612. The van der Waals surface area contributed by atoms with Crippen molar-refractivity contribution in [2.75, 3.05) is 0 Å². The van der Waals surface area contributed by atoms with Gasteiger partial charge in [-0.05, 0) is 47.7 Å². The molecule has 0 amide bonds. The van der Waals surface area contributed by atoms with Crippen LogP contribution in [0.15, 0.2) is 36.4 Å². The van der Waals surface area contributed by atoms with Crippen LogP contribution in [0.25, 0.3) is 11.1 Å². The van der Waals surface area contributed by atoms with Gasteiger partial charge in [0.1, 0.15) is 0 Å². The summed E-state index contributed by atoms with van der Waals surface area (Å²) < 4.78 is 39.5. The van der Waals surface area contributed by atoms with Crippen molar-refractivity contribution in [1.29, 1.82) is 0 Å². The van der Waals surface area contributed by atoms with Crippen molar-refractivity contribution in [2.45, 2.75) is 25.4 Å². The molecule has 1 aliphatic carbocycles. The maximum Gasteiger partial charge on any atom is 0.194 e. The molecule has 2 aromatic rings. The van der Waals surface area contributed by atoms with Gasteiger partial charge in [0.25, 0.3) is 0 Å². The van der Waals surface area contributed by atoms with Gasteiger partial charge in [0.05, 0.1) is 0 Å². The zero-order chi connectivity index (χ0) is 14.1. The first-order chi connectivity index (χ1) is 9.63. The number of hydrogen-bond acceptors (Lipinski definition) is 1. The average Bonchev–Trinajstić information content (AvgIpc) is 3.26. The molecule has 0 heterocycles. The Morgan fingerprint density at radius 3 is 2.30 bits per heavy atom. The third-order valence-electron chi connectivity index (χ3n) is 3.42. The number of hydrogen-bond donors (Lipinski definition) is 1. The summed E-state index contributed by atoms with van der Waals surface area (Å²) in [5.74, 6) is -3.76. The van der Waals surface area contributed by atoms with E-state index in [1.54, 1.807) is 6.07 Å². The fraction of sp³-hybridized carbons (Fsp3) is 0.250. The maximum atomic E-state index is 13.3. The molecule has 0 bridgehead atoms. The minimum absolute atomic E-state index is 0.342. The first kappa shape index (κ1) is 13.2. The lowest BCUT2D eigenvalue weighted by Gasteiger charge is -2.07. The van der Waals surface area contributed by atoms with Crippen molar-refractivity contribution in [3.05, 3.63) is 59.4 Å². The lowest BCUT2D eigenvalue weighted by molar-refractivity contribution is 0.447. The third-order valence-corrected chi connectivity index (χ3v) is 3.42. The highest BCUT2D eigenvalue weighted by atomic mass is 19.2. The van der Waals surface area contributed by atoms with Crippen molar-refractivity contribution in [2.24, 2.45) is 0 Å². The van der Waals surface area contributed by atoms with Crippen molar-refractivity contribution in [1.82, 2.24) is 5.32 Å². The smallest absolute Gasteiger partial charge is 0.194 e. The average molecular weight is 277 g/mol. The zero-order valence-corrected chi connectivity index (χ0v) is 10.8. The molecule has 1 saturated carbocycles. The summed E-state index contributed by atoms with van der Waals surface area (Å²) in [5, 5.41) is 3.38. The second kappa shape index (κ2) is 5.29. The molecule has 1 fully saturated rings. The Morgan fingerprint density at radius 1 is 0.950 bits per heavy atom. The van der Waals surface area contributed by atoms with Crippen LogP contribution >= 0.6 is 0 Å². The topological polar surface area (TPSA) is 12.0 Å². The highest BCUT2D eigenvalue weighted by Gasteiger charge is 2.20. The van der Waals surface area contributed by atoms with Gasteiger partial charge in [-0.1, -0.05) is 18.2 Å². The van der Waals surface area contributed by atoms with E-state index in [1.807, 2.05) is 18.2 Å². The van der Waals surface area contributed by atoms with Gasteiger partial charge < -0.3 is 5.32 Å². The molecule has 1 nitrogen and oxygen atoms in total. The number of benzene rings is 2. The molecule has 0 unspecified atom stereocenters. The molecular weight excluding hydrogens is 263 g/mol. The van der Waals surface area contributed by atoms with E-state index in [1.165, 1.54) is 12.8 Å². The molecule has 1 aliphatic rings. The molecule has 0 radical (unpaired) electrons. The molecule has 3 rings (SSSR count). The van der Waals surface area contributed by atoms with Crippen LogP contribution in [0.1, 0.15) is 18.4 Å². The van der Waals surface area contributed by atoms with Gasteiger partial charge in [0, 0.05) is 12.6 Å². The molecule has 104 valence electrons. The number of rotatable bonds is 4. The maximum absolute atomic E-state index is 13.3. The van der Waals surface area contributed by atoms with Crippen LogP contribution in [0.4, 0.5) is 13.2 Å². The van der Waals surface area contributed by atoms with Crippen molar-refractivity contribution >= 4 is 0 Å². The fourth-order valence-electron chi connectivity index (χ4n) is 2.13. The van der Waals surface area contributed by atoms with Crippen LogP contribution in [0.3, 0.4) is 0 Å². The van der Waals surface area contributed by atoms with Crippen LogP contribution in [0.2, 0.25) is 0 Å². The zero-order valence-electron chi connectivity index (χ0n) is 10.8. The van der Waals surface area contributed by atoms with Gasteiger partial charge in [-0.3, -0.25) is 0 Å². The fourth-order valence-corrected chi connectivity index (χ4v) is 2.13. The minimum atomic E-state index is -1.43. The van der Waals surface area contributed by atoms with Gasteiger partial charge in [0.15, 0.2) is 17.5 Å². The van der Waals surface area contributed by atoms with Crippen LogP contribution in [0.5, 0.6) is 0 Å². The predicted molar refractivity (Wildman–Crippen MR) is 71.6 cm³/mol. The highest BCUT2D eigenvalue weighted by molar-refractivity contribution is 5.64. The molecule has 0 spiro atoms. The van der Waals surface area contributed by atoms with E-state index in [0.717, 1.165) is 24.2 Å². The first-order valence-electron chi connectivity index (χ1n) is 6.61. The lowest BCUT2D eigenvalue weighted by Crippen LogP contribution is -2.15. The van der Waals surface area contributed by atoms with Crippen molar-refractivity contribution in [3.63, 3.8) is 0 Å². The van der Waals surface area contributed by atoms with E-state index in [9.17, 15) is 13.2 Å². The van der Waals surface area contributed by atoms with E-state index in [0.29, 0.717) is 17.2 Å². The second-order valence-electron chi connectivity index (χ2n) is 5.11. The molecule has 4 heteroatoms. The van der Waals surface area contributed by atoms with Gasteiger partial charge >= 0.3 is 0 Å². The highest BCUT2D eigenvalue weighted by Crippen LogP contribution is 2.25. The summed E-state index contributed by atoms with van der Waals surface area (Å²) in [4.78, 5) is 0. The van der Waals surface area contributed by atoms with Crippen LogP contribution in [-0.4, -0.2) is 6.04 Å². The standard InChI is InChI=1S/C16H14F3N/c17-14-7-12(8-15(18)16(14)19)11-3-1-2-10(6-11)9-20-13-4-5-13/h1-3,6-8,13,20H,4-5,9H2. The second-order valence-corrected chi connectivity index (χ2v) is 5.11. The Hall–Kier alpha value is -1.81. The summed E-state index contributed by atoms with van der Waals surface area (Å²) in [6.45, 7) is 0.727. The van der Waals surface area contributed by atoms with Crippen LogP contribution in [0, 0.1) is 17.5 Å². The summed E-state index contributed by atoms with van der Waals surface area (Å²) >= 11 is 0.